The SMILES string of the molecule is O=S1(=O)CC[C@H](N=Nc2c(O)n(Cc3ccccc3)c3ccccc23)C1. The average molecular weight is 369 g/mol. The molecule has 3 aromatic rings. The van der Waals surface area contributed by atoms with Crippen LogP contribution >= 0.6 is 0 Å². The first-order valence-electron chi connectivity index (χ1n) is 8.49. The number of benzene rings is 2. The molecule has 0 spiro atoms. The van der Waals surface area contributed by atoms with Crippen molar-refractivity contribution in [2.45, 2.75) is 19.0 Å². The van der Waals surface area contributed by atoms with Gasteiger partial charge in [0, 0.05) is 5.39 Å². The van der Waals surface area contributed by atoms with Crippen LogP contribution in [0.5, 0.6) is 5.88 Å². The van der Waals surface area contributed by atoms with Crippen molar-refractivity contribution < 1.29 is 13.5 Å². The van der Waals surface area contributed by atoms with Crippen molar-refractivity contribution in [3.05, 3.63) is 60.2 Å². The Bertz CT molecular complexity index is 1070. The lowest BCUT2D eigenvalue weighted by Crippen LogP contribution is -2.06. The second kappa shape index (κ2) is 6.57. The van der Waals surface area contributed by atoms with E-state index in [-0.39, 0.29) is 23.4 Å². The Labute approximate surface area is 151 Å². The maximum Gasteiger partial charge on any atom is 0.221 e. The highest BCUT2D eigenvalue weighted by atomic mass is 32.2. The van der Waals surface area contributed by atoms with Gasteiger partial charge in [-0.15, -0.1) is 5.11 Å². The molecule has 1 fully saturated rings. The molecule has 6 nitrogen and oxygen atoms in total. The molecule has 1 atom stereocenters. The first kappa shape index (κ1) is 16.8. The van der Waals surface area contributed by atoms with Gasteiger partial charge in [0.15, 0.2) is 15.5 Å². The Balaban J connectivity index is 1.72. The molecule has 7 heteroatoms. The van der Waals surface area contributed by atoms with Crippen LogP contribution < -0.4 is 0 Å². The fraction of sp³-hybridized carbons (Fsp3) is 0.263. The molecule has 2 aromatic carbocycles. The van der Waals surface area contributed by atoms with Gasteiger partial charge >= 0.3 is 0 Å². The molecule has 0 aliphatic carbocycles. The molecule has 1 aliphatic heterocycles. The lowest BCUT2D eigenvalue weighted by atomic mass is 10.2. The van der Waals surface area contributed by atoms with E-state index in [4.69, 9.17) is 0 Å². The third kappa shape index (κ3) is 3.22. The van der Waals surface area contributed by atoms with Crippen LogP contribution in [0, 0.1) is 0 Å². The van der Waals surface area contributed by atoms with Crippen LogP contribution in [0.3, 0.4) is 0 Å². The molecule has 0 bridgehead atoms. The molecule has 26 heavy (non-hydrogen) atoms. The van der Waals surface area contributed by atoms with Crippen LogP contribution in [0.1, 0.15) is 12.0 Å². The van der Waals surface area contributed by atoms with Crippen molar-refractivity contribution in [2.75, 3.05) is 11.5 Å². The van der Waals surface area contributed by atoms with E-state index in [2.05, 4.69) is 10.2 Å². The molecule has 2 heterocycles. The largest absolute Gasteiger partial charge is 0.493 e. The number of sulfone groups is 1. The minimum atomic E-state index is -3.01. The van der Waals surface area contributed by atoms with Crippen LogP contribution in [-0.4, -0.2) is 35.6 Å². The number of rotatable bonds is 4. The fourth-order valence-corrected chi connectivity index (χ4v) is 4.92. The molecular formula is C19H19N3O3S. The molecule has 0 unspecified atom stereocenters. The maximum atomic E-state index is 11.6. The zero-order valence-electron chi connectivity index (χ0n) is 14.1. The van der Waals surface area contributed by atoms with Gasteiger partial charge < -0.3 is 9.67 Å². The van der Waals surface area contributed by atoms with Crippen molar-refractivity contribution >= 4 is 26.4 Å². The summed E-state index contributed by atoms with van der Waals surface area (Å²) in [4.78, 5) is 0. The van der Waals surface area contributed by atoms with Crippen molar-refractivity contribution in [3.63, 3.8) is 0 Å². The van der Waals surface area contributed by atoms with E-state index in [1.165, 1.54) is 0 Å². The average Bonchev–Trinajstić information content (AvgIpc) is 3.12. The number of azo groups is 1. The molecule has 0 amide bonds. The van der Waals surface area contributed by atoms with Gasteiger partial charge in [-0.25, -0.2) is 8.42 Å². The van der Waals surface area contributed by atoms with Gasteiger partial charge in [0.2, 0.25) is 5.88 Å². The van der Waals surface area contributed by atoms with Gasteiger partial charge in [-0.1, -0.05) is 48.5 Å². The van der Waals surface area contributed by atoms with Crippen molar-refractivity contribution in [1.29, 1.82) is 0 Å². The molecule has 0 radical (unpaired) electrons. The summed E-state index contributed by atoms with van der Waals surface area (Å²) in [7, 11) is -3.01. The number of hydrogen-bond acceptors (Lipinski definition) is 5. The molecule has 1 aromatic heterocycles. The molecule has 134 valence electrons. The van der Waals surface area contributed by atoms with Crippen LogP contribution in [-0.2, 0) is 16.4 Å². The van der Waals surface area contributed by atoms with Crippen molar-refractivity contribution in [1.82, 2.24) is 4.57 Å². The van der Waals surface area contributed by atoms with Crippen LogP contribution in [0.15, 0.2) is 64.8 Å². The van der Waals surface area contributed by atoms with Gasteiger partial charge in [-0.05, 0) is 18.1 Å². The van der Waals surface area contributed by atoms with Gasteiger partial charge in [0.05, 0.1) is 29.6 Å². The fourth-order valence-electron chi connectivity index (χ4n) is 3.30. The van der Waals surface area contributed by atoms with Crippen molar-refractivity contribution in [3.8, 4) is 5.88 Å². The second-order valence-corrected chi connectivity index (χ2v) is 8.76. The highest BCUT2D eigenvalue weighted by Gasteiger charge is 2.28. The van der Waals surface area contributed by atoms with Gasteiger partial charge in [0.25, 0.3) is 0 Å². The van der Waals surface area contributed by atoms with E-state index in [1.54, 1.807) is 4.57 Å². The molecule has 1 N–H and O–H groups in total. The number of nitrogens with zero attached hydrogens (tertiary/aromatic N) is 3. The summed E-state index contributed by atoms with van der Waals surface area (Å²) in [5.41, 5.74) is 2.32. The molecule has 0 saturated carbocycles. The molecule has 1 saturated heterocycles. The van der Waals surface area contributed by atoms with Crippen LogP contribution in [0.25, 0.3) is 10.9 Å². The number of para-hydroxylation sites is 1. The minimum Gasteiger partial charge on any atom is -0.493 e. The summed E-state index contributed by atoms with van der Waals surface area (Å²) in [6.45, 7) is 0.514. The smallest absolute Gasteiger partial charge is 0.221 e. The van der Waals surface area contributed by atoms with E-state index in [0.717, 1.165) is 16.5 Å². The number of hydrogen-bond donors (Lipinski definition) is 1. The quantitative estimate of drug-likeness (QED) is 0.712. The number of fused-ring (bicyclic) bond motifs is 1. The number of aromatic hydroxyl groups is 1. The lowest BCUT2D eigenvalue weighted by Gasteiger charge is -2.07. The standard InChI is InChI=1S/C19H19N3O3S/c23-19-18(21-20-15-10-11-26(24,25)13-15)16-8-4-5-9-17(16)22(19)12-14-6-2-1-3-7-14/h1-9,15,23H,10-13H2/t15-/m0/s1. The van der Waals surface area contributed by atoms with E-state index in [1.807, 2.05) is 54.6 Å². The topological polar surface area (TPSA) is 84.0 Å². The van der Waals surface area contributed by atoms with E-state index < -0.39 is 9.84 Å². The summed E-state index contributed by atoms with van der Waals surface area (Å²) < 4.78 is 25.0. The van der Waals surface area contributed by atoms with Gasteiger partial charge in [0.1, 0.15) is 0 Å². The van der Waals surface area contributed by atoms with Crippen LogP contribution in [0.4, 0.5) is 5.69 Å². The Hall–Kier alpha value is -2.67. The molecule has 1 aliphatic rings. The Morgan fingerprint density at radius 3 is 2.54 bits per heavy atom. The van der Waals surface area contributed by atoms with E-state index >= 15 is 0 Å². The summed E-state index contributed by atoms with van der Waals surface area (Å²) in [5.74, 6) is 0.220. The van der Waals surface area contributed by atoms with Gasteiger partial charge in [-0.2, -0.15) is 5.11 Å². The summed E-state index contributed by atoms with van der Waals surface area (Å²) in [5, 5.41) is 20.0. The predicted octanol–water partition coefficient (Wildman–Crippen LogP) is 3.67. The monoisotopic (exact) mass is 369 g/mol. The number of aromatic nitrogens is 1. The predicted molar refractivity (Wildman–Crippen MR) is 101 cm³/mol. The molecular weight excluding hydrogens is 350 g/mol. The Morgan fingerprint density at radius 1 is 1.08 bits per heavy atom. The third-order valence-electron chi connectivity index (χ3n) is 4.63. The zero-order valence-corrected chi connectivity index (χ0v) is 14.9. The lowest BCUT2D eigenvalue weighted by molar-refractivity contribution is 0.429. The van der Waals surface area contributed by atoms with E-state index in [0.29, 0.717) is 18.7 Å². The Morgan fingerprint density at radius 2 is 1.81 bits per heavy atom. The van der Waals surface area contributed by atoms with E-state index in [9.17, 15) is 13.5 Å². The summed E-state index contributed by atoms with van der Waals surface area (Å²) in [6.07, 6.45) is 0.481. The summed E-state index contributed by atoms with van der Waals surface area (Å²) in [6, 6.07) is 17.1. The highest BCUT2D eigenvalue weighted by Crippen LogP contribution is 2.39. The van der Waals surface area contributed by atoms with Gasteiger partial charge in [-0.3, -0.25) is 0 Å². The normalized spacial score (nSPS) is 19.5. The first-order valence-corrected chi connectivity index (χ1v) is 10.3. The van der Waals surface area contributed by atoms with Crippen LogP contribution in [0.2, 0.25) is 0 Å². The first-order chi connectivity index (χ1) is 12.5. The van der Waals surface area contributed by atoms with Crippen molar-refractivity contribution in [2.24, 2.45) is 10.2 Å². The third-order valence-corrected chi connectivity index (χ3v) is 6.38. The maximum absolute atomic E-state index is 11.6. The molecule has 4 rings (SSSR count). The Kier molecular flexibility index (Phi) is 4.24. The summed E-state index contributed by atoms with van der Waals surface area (Å²) >= 11 is 0. The minimum absolute atomic E-state index is 0.0277. The second-order valence-electron chi connectivity index (χ2n) is 6.53. The highest BCUT2D eigenvalue weighted by molar-refractivity contribution is 7.91. The zero-order chi connectivity index (χ0) is 18.1.